The van der Waals surface area contributed by atoms with Gasteiger partial charge in [0, 0.05) is 36.5 Å². The van der Waals surface area contributed by atoms with Crippen molar-refractivity contribution in [3.8, 4) is 22.5 Å². The Labute approximate surface area is 373 Å². The van der Waals surface area contributed by atoms with Crippen molar-refractivity contribution in [2.75, 3.05) is 0 Å². The van der Waals surface area contributed by atoms with Crippen molar-refractivity contribution in [3.05, 3.63) is 72.3 Å². The van der Waals surface area contributed by atoms with Crippen LogP contribution >= 0.6 is 0 Å². The lowest BCUT2D eigenvalue weighted by Gasteiger charge is -2.60. The molecule has 2 spiro atoms. The first-order chi connectivity index (χ1) is 30.9. The van der Waals surface area contributed by atoms with Crippen LogP contribution in [0.5, 0.6) is 0 Å². The van der Waals surface area contributed by atoms with Gasteiger partial charge in [-0.05, 0) is 111 Å². The van der Waals surface area contributed by atoms with E-state index in [0.29, 0.717) is 35.1 Å². The number of benzene rings is 2. The van der Waals surface area contributed by atoms with E-state index in [1.165, 1.54) is 0 Å². The molecule has 4 aromatic rings. The highest BCUT2D eigenvalue weighted by Crippen LogP contribution is 2.62. The molecule has 2 unspecified atom stereocenters. The molecule has 0 amide bonds. The second-order valence-corrected chi connectivity index (χ2v) is 20.6. The van der Waals surface area contributed by atoms with Gasteiger partial charge in [-0.2, -0.15) is 0 Å². The molecule has 2 aliphatic carbocycles. The molecule has 10 fully saturated rings. The third-order valence-electron chi connectivity index (χ3n) is 16.7. The molecule has 64 heavy (non-hydrogen) atoms. The van der Waals surface area contributed by atoms with Gasteiger partial charge in [-0.15, -0.1) is 10.2 Å². The first-order valence-electron chi connectivity index (χ1n) is 23.6. The molecule has 0 radical (unpaired) electrons. The van der Waals surface area contributed by atoms with Gasteiger partial charge in [0.15, 0.2) is 36.4 Å². The molecule has 10 aliphatic rings. The molecule has 8 saturated heterocycles. The Morgan fingerprint density at radius 3 is 1.39 bits per heavy atom. The summed E-state index contributed by atoms with van der Waals surface area (Å²) in [5.74, 6) is 0.533. The Balaban J connectivity index is 0.663. The number of aromatic nitrogens is 6. The van der Waals surface area contributed by atoms with Crippen LogP contribution in [0.15, 0.2) is 60.9 Å². The second kappa shape index (κ2) is 15.4. The van der Waals surface area contributed by atoms with Crippen LogP contribution in [0.3, 0.4) is 0 Å². The molecule has 4 bridgehead atoms. The normalized spacial score (nSPS) is 43.3. The fourth-order valence-electron chi connectivity index (χ4n) is 13.1. The maximum atomic E-state index is 6.60. The highest BCUT2D eigenvalue weighted by Gasteiger charge is 2.71. The summed E-state index contributed by atoms with van der Waals surface area (Å²) in [5, 5.41) is 17.7. The molecule has 16 nitrogen and oxygen atoms in total. The van der Waals surface area contributed by atoms with E-state index < -0.39 is 47.9 Å². The number of nitrogens with zero attached hydrogens (tertiary/aromatic N) is 6. The Hall–Kier alpha value is -3.68. The first-order valence-corrected chi connectivity index (χ1v) is 23.6. The van der Waals surface area contributed by atoms with Crippen molar-refractivity contribution in [1.82, 2.24) is 30.0 Å². The van der Waals surface area contributed by atoms with E-state index in [9.17, 15) is 0 Å². The third kappa shape index (κ3) is 6.61. The van der Waals surface area contributed by atoms with Gasteiger partial charge >= 0.3 is 0 Å². The molecule has 10 heterocycles. The summed E-state index contributed by atoms with van der Waals surface area (Å²) < 4.78 is 42.6. The predicted molar refractivity (Wildman–Crippen MR) is 225 cm³/mol. The maximum Gasteiger partial charge on any atom is 0.201 e. The fraction of sp³-hybridized carbons (Fsp3) is 0.667. The Morgan fingerprint density at radius 2 is 0.969 bits per heavy atom. The highest BCUT2D eigenvalue weighted by molar-refractivity contribution is 5.65. The van der Waals surface area contributed by atoms with Gasteiger partial charge in [0.05, 0.1) is 37.0 Å². The molecule has 2 aromatic carbocycles. The zero-order valence-corrected chi connectivity index (χ0v) is 37.5. The fourth-order valence-corrected chi connectivity index (χ4v) is 13.1. The monoisotopic (exact) mass is 880 g/mol. The van der Waals surface area contributed by atoms with E-state index >= 15 is 0 Å². The van der Waals surface area contributed by atoms with E-state index in [-0.39, 0.29) is 36.9 Å². The van der Waals surface area contributed by atoms with Gasteiger partial charge < -0.3 is 28.4 Å². The van der Waals surface area contributed by atoms with E-state index in [0.717, 1.165) is 73.9 Å². The van der Waals surface area contributed by atoms with Gasteiger partial charge in [-0.3, -0.25) is 0 Å². The Morgan fingerprint density at radius 1 is 0.547 bits per heavy atom. The standard InChI is InChI=1S/C48H60N6O10/c1-27-7-17-39-29(3)41(57-43-47(39)37(27)19-21-45(5,59-43)61-63-47)55-25-33-23-53(51-49-33)35-13-9-31(10-14-35)32-11-15-36(16-12-32)54-24-34(50-52-54)26-56-42-30(4)40-18-8-28(2)38-20-22-46(6)60-44(58-42)48(38,40)64-62-46/h9-16,23-24,27-30,37-44H,7-8,17-22,25-26H2,1-6H3/t27-,28-,29-,30-,37+,38+,39+,40+,41-,42-,43-,44-,45?,46?,47-,48-/m1/s1. The number of hydrogen-bond acceptors (Lipinski definition) is 14. The third-order valence-corrected chi connectivity index (χ3v) is 16.7. The van der Waals surface area contributed by atoms with E-state index in [4.69, 9.17) is 48.0 Å². The van der Waals surface area contributed by atoms with Crippen LogP contribution in [0.4, 0.5) is 0 Å². The minimum atomic E-state index is -0.824. The van der Waals surface area contributed by atoms with Gasteiger partial charge in [0.1, 0.15) is 11.4 Å². The van der Waals surface area contributed by atoms with Crippen LogP contribution < -0.4 is 0 Å². The van der Waals surface area contributed by atoms with Gasteiger partial charge in [-0.25, -0.2) is 28.9 Å². The minimum absolute atomic E-state index is 0.0817. The SMILES string of the molecule is C[C@H]1[C@H](OCc2cn(-c3ccc(-c4ccc(-n5cc(CO[C@@H]6O[C@@H]7OC8(C)CC[C@H]9[C@H](C)CC[C@@H]([C@H]6C)[C@@]79OO8)nn5)cc4)cc3)nn2)O[C@@H]2OC3(C)CC[C@H]4[C@H](C)CC[C@@H]1[C@@]24OO3. The summed E-state index contributed by atoms with van der Waals surface area (Å²) >= 11 is 0. The van der Waals surface area contributed by atoms with Gasteiger partial charge in [0.25, 0.3) is 0 Å². The van der Waals surface area contributed by atoms with Crippen molar-refractivity contribution in [3.63, 3.8) is 0 Å². The summed E-state index contributed by atoms with van der Waals surface area (Å²) in [7, 11) is 0. The zero-order chi connectivity index (χ0) is 43.6. The summed E-state index contributed by atoms with van der Waals surface area (Å²) in [6.45, 7) is 13.4. The van der Waals surface area contributed by atoms with Crippen molar-refractivity contribution in [2.45, 2.75) is 154 Å². The number of hydrogen-bond donors (Lipinski definition) is 0. The maximum absolute atomic E-state index is 6.60. The summed E-state index contributed by atoms with van der Waals surface area (Å²) in [5.41, 5.74) is 4.13. The van der Waals surface area contributed by atoms with Crippen LogP contribution in [0.1, 0.15) is 104 Å². The lowest BCUT2D eigenvalue weighted by atomic mass is 9.58. The van der Waals surface area contributed by atoms with Crippen LogP contribution in [0.2, 0.25) is 0 Å². The van der Waals surface area contributed by atoms with Crippen LogP contribution in [0, 0.1) is 47.3 Å². The molecular formula is C48H60N6O10. The Bertz CT molecular complexity index is 2180. The lowest BCUT2D eigenvalue weighted by molar-refractivity contribution is -0.577. The molecule has 2 saturated carbocycles. The van der Waals surface area contributed by atoms with Crippen LogP contribution in [-0.4, -0.2) is 77.9 Å². The largest absolute Gasteiger partial charge is 0.346 e. The lowest BCUT2D eigenvalue weighted by Crippen LogP contribution is -2.70. The summed E-state index contributed by atoms with van der Waals surface area (Å²) in [4.78, 5) is 24.5. The summed E-state index contributed by atoms with van der Waals surface area (Å²) in [6.07, 6.45) is 9.62. The molecule has 14 rings (SSSR count). The molecule has 342 valence electrons. The number of fused-ring (bicyclic) bond motifs is 4. The quantitative estimate of drug-likeness (QED) is 0.149. The topological polar surface area (TPSA) is 154 Å². The smallest absolute Gasteiger partial charge is 0.201 e. The predicted octanol–water partition coefficient (Wildman–Crippen LogP) is 7.96. The zero-order valence-electron chi connectivity index (χ0n) is 37.5. The molecule has 16 heteroatoms. The number of rotatable bonds is 9. The van der Waals surface area contributed by atoms with E-state index in [1.807, 2.05) is 50.5 Å². The van der Waals surface area contributed by atoms with Gasteiger partial charge in [-0.1, -0.05) is 62.4 Å². The molecule has 0 N–H and O–H groups in total. The van der Waals surface area contributed by atoms with Crippen molar-refractivity contribution < 1.29 is 48.0 Å². The average molecular weight is 881 g/mol. The average Bonchev–Trinajstić information content (AvgIpc) is 3.85. The van der Waals surface area contributed by atoms with Crippen molar-refractivity contribution in [1.29, 1.82) is 0 Å². The van der Waals surface area contributed by atoms with Crippen LogP contribution in [0.25, 0.3) is 22.5 Å². The molecule has 2 aromatic heterocycles. The van der Waals surface area contributed by atoms with Crippen LogP contribution in [-0.2, 0) is 61.2 Å². The highest BCUT2D eigenvalue weighted by atomic mass is 17.3. The van der Waals surface area contributed by atoms with Crippen molar-refractivity contribution >= 4 is 0 Å². The number of ether oxygens (including phenoxy) is 6. The second-order valence-electron chi connectivity index (χ2n) is 20.6. The van der Waals surface area contributed by atoms with Gasteiger partial charge in [0.2, 0.25) is 11.6 Å². The molecule has 16 atom stereocenters. The van der Waals surface area contributed by atoms with E-state index in [2.05, 4.69) is 72.6 Å². The summed E-state index contributed by atoms with van der Waals surface area (Å²) in [6, 6.07) is 16.5. The minimum Gasteiger partial charge on any atom is -0.346 e. The van der Waals surface area contributed by atoms with E-state index in [1.54, 1.807) is 9.36 Å². The first kappa shape index (κ1) is 41.7. The van der Waals surface area contributed by atoms with Crippen molar-refractivity contribution in [2.24, 2.45) is 47.3 Å². The Kier molecular flexibility index (Phi) is 10.1. The molecular weight excluding hydrogens is 821 g/mol. The molecule has 8 aliphatic heterocycles.